The molecule has 25 heavy (non-hydrogen) atoms. The zero-order valence-corrected chi connectivity index (χ0v) is 15.2. The van der Waals surface area contributed by atoms with Crippen molar-refractivity contribution in [2.75, 3.05) is 11.4 Å². The van der Waals surface area contributed by atoms with Gasteiger partial charge in [-0.25, -0.2) is 0 Å². The number of hydrogen-bond donors (Lipinski definition) is 0. The van der Waals surface area contributed by atoms with Gasteiger partial charge in [0.05, 0.1) is 6.54 Å². The molecule has 1 unspecified atom stereocenters. The molecule has 3 aromatic rings. The molecule has 0 saturated carbocycles. The first-order valence-electron chi connectivity index (χ1n) is 8.20. The number of hydrogen-bond acceptors (Lipinski definition) is 1. The number of anilines is 1. The molecule has 1 atom stereocenters. The van der Waals surface area contributed by atoms with E-state index in [0.717, 1.165) is 15.7 Å². The van der Waals surface area contributed by atoms with Gasteiger partial charge in [-0.1, -0.05) is 64.3 Å². The monoisotopic (exact) mass is 389 g/mol. The molecule has 1 amide bonds. The van der Waals surface area contributed by atoms with Crippen molar-refractivity contribution in [1.82, 2.24) is 0 Å². The van der Waals surface area contributed by atoms with E-state index in [4.69, 9.17) is 6.42 Å². The van der Waals surface area contributed by atoms with E-state index < -0.39 is 0 Å². The highest BCUT2D eigenvalue weighted by molar-refractivity contribution is 9.10. The van der Waals surface area contributed by atoms with Gasteiger partial charge < -0.3 is 4.90 Å². The van der Waals surface area contributed by atoms with E-state index >= 15 is 0 Å². The van der Waals surface area contributed by atoms with Gasteiger partial charge in [0.25, 0.3) is 0 Å². The number of fused-ring (bicyclic) bond motifs is 3. The summed E-state index contributed by atoms with van der Waals surface area (Å²) in [7, 11) is 0. The minimum atomic E-state index is 0.0377. The van der Waals surface area contributed by atoms with Gasteiger partial charge in [-0.15, -0.1) is 6.42 Å². The number of terminal acetylenes is 1. The van der Waals surface area contributed by atoms with Gasteiger partial charge in [0, 0.05) is 22.5 Å². The summed E-state index contributed by atoms with van der Waals surface area (Å²) in [5, 5.41) is 2.36. The topological polar surface area (TPSA) is 20.3 Å². The summed E-state index contributed by atoms with van der Waals surface area (Å²) in [6.07, 6.45) is 5.94. The van der Waals surface area contributed by atoms with Crippen molar-refractivity contribution in [3.05, 3.63) is 76.3 Å². The van der Waals surface area contributed by atoms with E-state index in [0.29, 0.717) is 13.0 Å². The molecule has 0 spiro atoms. The van der Waals surface area contributed by atoms with Crippen LogP contribution >= 0.6 is 15.9 Å². The molecule has 1 heterocycles. The Kier molecular flexibility index (Phi) is 4.07. The van der Waals surface area contributed by atoms with E-state index in [-0.39, 0.29) is 11.8 Å². The van der Waals surface area contributed by atoms with Crippen LogP contribution in [0.25, 0.3) is 10.8 Å². The van der Waals surface area contributed by atoms with E-state index in [2.05, 4.69) is 52.2 Å². The molecule has 0 aliphatic carbocycles. The summed E-state index contributed by atoms with van der Waals surface area (Å²) >= 11 is 3.49. The summed E-state index contributed by atoms with van der Waals surface area (Å²) in [5.41, 5.74) is 3.27. The minimum absolute atomic E-state index is 0.0377. The molecular weight excluding hydrogens is 374 g/mol. The summed E-state index contributed by atoms with van der Waals surface area (Å²) in [6.45, 7) is 0.303. The zero-order valence-electron chi connectivity index (χ0n) is 13.6. The second kappa shape index (κ2) is 6.38. The number of carbonyl (C=O) groups is 1. The van der Waals surface area contributed by atoms with Crippen molar-refractivity contribution in [3.63, 3.8) is 0 Å². The standard InChI is InChI=1S/C22H16BrNO/c1-2-13-24-20-12-9-15-5-3-4-6-18(15)22(20)19(14-21(24)25)16-7-10-17(23)11-8-16/h1,3-12,19H,13-14H2. The molecule has 0 N–H and O–H groups in total. The fraction of sp³-hybridized carbons (Fsp3) is 0.136. The fourth-order valence-electron chi connectivity index (χ4n) is 3.65. The predicted molar refractivity (Wildman–Crippen MR) is 106 cm³/mol. The average molecular weight is 390 g/mol. The molecular formula is C22H16BrNO. The largest absolute Gasteiger partial charge is 0.300 e. The van der Waals surface area contributed by atoms with Crippen LogP contribution in [0.4, 0.5) is 5.69 Å². The first kappa shape index (κ1) is 15.9. The van der Waals surface area contributed by atoms with Crippen LogP contribution in [-0.4, -0.2) is 12.5 Å². The average Bonchev–Trinajstić information content (AvgIpc) is 2.64. The highest BCUT2D eigenvalue weighted by atomic mass is 79.9. The molecule has 0 bridgehead atoms. The van der Waals surface area contributed by atoms with Gasteiger partial charge in [-0.3, -0.25) is 4.79 Å². The highest BCUT2D eigenvalue weighted by Crippen LogP contribution is 2.43. The highest BCUT2D eigenvalue weighted by Gasteiger charge is 2.33. The van der Waals surface area contributed by atoms with E-state index in [1.54, 1.807) is 4.90 Å². The smallest absolute Gasteiger partial charge is 0.228 e. The van der Waals surface area contributed by atoms with Crippen LogP contribution in [0.1, 0.15) is 23.5 Å². The van der Waals surface area contributed by atoms with Gasteiger partial charge in [0.15, 0.2) is 0 Å². The van der Waals surface area contributed by atoms with Crippen molar-refractivity contribution >= 4 is 38.3 Å². The van der Waals surface area contributed by atoms with Crippen molar-refractivity contribution in [2.24, 2.45) is 0 Å². The maximum atomic E-state index is 12.8. The van der Waals surface area contributed by atoms with Crippen LogP contribution in [0.15, 0.2) is 65.1 Å². The van der Waals surface area contributed by atoms with Crippen LogP contribution in [0.2, 0.25) is 0 Å². The van der Waals surface area contributed by atoms with Gasteiger partial charge in [0.2, 0.25) is 5.91 Å². The lowest BCUT2D eigenvalue weighted by molar-refractivity contribution is -0.119. The second-order valence-electron chi connectivity index (χ2n) is 6.21. The maximum Gasteiger partial charge on any atom is 0.228 e. The lowest BCUT2D eigenvalue weighted by Gasteiger charge is -2.34. The molecule has 0 fully saturated rings. The quantitative estimate of drug-likeness (QED) is 0.558. The third-order valence-corrected chi connectivity index (χ3v) is 5.32. The Hall–Kier alpha value is -2.57. The van der Waals surface area contributed by atoms with Crippen LogP contribution < -0.4 is 4.90 Å². The predicted octanol–water partition coefficient (Wildman–Crippen LogP) is 5.10. The van der Waals surface area contributed by atoms with Gasteiger partial charge >= 0.3 is 0 Å². The van der Waals surface area contributed by atoms with E-state index in [1.165, 1.54) is 16.3 Å². The third kappa shape index (κ3) is 2.73. The van der Waals surface area contributed by atoms with Crippen molar-refractivity contribution in [3.8, 4) is 12.3 Å². The molecule has 1 aliphatic rings. The molecule has 0 aromatic heterocycles. The molecule has 4 rings (SSSR count). The van der Waals surface area contributed by atoms with Crippen LogP contribution in [-0.2, 0) is 4.79 Å². The molecule has 1 aliphatic heterocycles. The SMILES string of the molecule is C#CCN1C(=O)CC(c2ccc(Br)cc2)c2c1ccc1ccccc21. The van der Waals surface area contributed by atoms with E-state index in [1.807, 2.05) is 30.3 Å². The first-order valence-corrected chi connectivity index (χ1v) is 8.99. The molecule has 2 nitrogen and oxygen atoms in total. The Morgan fingerprint density at radius 1 is 1.08 bits per heavy atom. The molecule has 0 radical (unpaired) electrons. The Morgan fingerprint density at radius 3 is 2.60 bits per heavy atom. The summed E-state index contributed by atoms with van der Waals surface area (Å²) in [6, 6.07) is 20.6. The lowest BCUT2D eigenvalue weighted by atomic mass is 9.81. The first-order chi connectivity index (χ1) is 12.2. The van der Waals surface area contributed by atoms with Crippen molar-refractivity contribution in [1.29, 1.82) is 0 Å². The number of nitrogens with zero attached hydrogens (tertiary/aromatic N) is 1. The van der Waals surface area contributed by atoms with Gasteiger partial charge in [-0.2, -0.15) is 0 Å². The lowest BCUT2D eigenvalue weighted by Crippen LogP contribution is -2.37. The van der Waals surface area contributed by atoms with Crippen molar-refractivity contribution in [2.45, 2.75) is 12.3 Å². The Morgan fingerprint density at radius 2 is 1.84 bits per heavy atom. The Balaban J connectivity index is 1.98. The molecule has 3 heteroatoms. The number of halogens is 1. The summed E-state index contributed by atoms with van der Waals surface area (Å²) in [5.74, 6) is 2.73. The Bertz CT molecular complexity index is 1000. The molecule has 0 saturated heterocycles. The maximum absolute atomic E-state index is 12.8. The van der Waals surface area contributed by atoms with Crippen LogP contribution in [0.5, 0.6) is 0 Å². The second-order valence-corrected chi connectivity index (χ2v) is 7.13. The number of rotatable bonds is 2. The molecule has 3 aromatic carbocycles. The zero-order chi connectivity index (χ0) is 17.4. The minimum Gasteiger partial charge on any atom is -0.300 e. The Labute approximate surface area is 155 Å². The van der Waals surface area contributed by atoms with Gasteiger partial charge in [-0.05, 0) is 40.1 Å². The number of benzene rings is 3. The molecule has 122 valence electrons. The van der Waals surface area contributed by atoms with Gasteiger partial charge in [0.1, 0.15) is 0 Å². The normalized spacial score (nSPS) is 16.6. The summed E-state index contributed by atoms with van der Waals surface area (Å²) < 4.78 is 1.03. The summed E-state index contributed by atoms with van der Waals surface area (Å²) in [4.78, 5) is 14.5. The van der Waals surface area contributed by atoms with Crippen LogP contribution in [0, 0.1) is 12.3 Å². The van der Waals surface area contributed by atoms with E-state index in [9.17, 15) is 4.79 Å². The third-order valence-electron chi connectivity index (χ3n) is 4.79. The number of carbonyl (C=O) groups excluding carboxylic acids is 1. The number of amides is 1. The van der Waals surface area contributed by atoms with Crippen LogP contribution in [0.3, 0.4) is 0 Å². The fourth-order valence-corrected chi connectivity index (χ4v) is 3.92. The van der Waals surface area contributed by atoms with Crippen molar-refractivity contribution < 1.29 is 4.79 Å².